The second kappa shape index (κ2) is 5.45. The number of para-hydroxylation sites is 1. The number of benzene rings is 1. The van der Waals surface area contributed by atoms with Gasteiger partial charge in [-0.05, 0) is 44.9 Å². The van der Waals surface area contributed by atoms with Gasteiger partial charge in [-0.25, -0.2) is 0 Å². The van der Waals surface area contributed by atoms with Crippen molar-refractivity contribution in [1.82, 2.24) is 9.88 Å². The Balaban J connectivity index is 2.02. The maximum Gasteiger partial charge on any atom is 0.254 e. The molecule has 2 aromatic rings. The van der Waals surface area contributed by atoms with Crippen LogP contribution in [0.2, 0.25) is 0 Å². The summed E-state index contributed by atoms with van der Waals surface area (Å²) in [4.78, 5) is 19.4. The number of pyridine rings is 1. The molecule has 4 heteroatoms. The summed E-state index contributed by atoms with van der Waals surface area (Å²) in [5.74, 6) is 0.512. The molecule has 3 rings (SSSR count). The molecule has 0 radical (unpaired) electrons. The number of carbonyl (C=O) groups is 1. The van der Waals surface area contributed by atoms with E-state index >= 15 is 0 Å². The van der Waals surface area contributed by atoms with Crippen molar-refractivity contribution >= 4 is 16.8 Å². The van der Waals surface area contributed by atoms with Crippen LogP contribution in [0.1, 0.15) is 29.4 Å². The first-order valence-electron chi connectivity index (χ1n) is 7.47. The molecule has 1 saturated heterocycles. The van der Waals surface area contributed by atoms with Crippen LogP contribution in [0.4, 0.5) is 0 Å². The smallest absolute Gasteiger partial charge is 0.254 e. The van der Waals surface area contributed by atoms with Gasteiger partial charge < -0.3 is 10.6 Å². The maximum absolute atomic E-state index is 12.9. The molecule has 110 valence electrons. The van der Waals surface area contributed by atoms with Gasteiger partial charge in [-0.2, -0.15) is 0 Å². The van der Waals surface area contributed by atoms with Gasteiger partial charge in [0.1, 0.15) is 0 Å². The predicted molar refractivity (Wildman–Crippen MR) is 84.1 cm³/mol. The van der Waals surface area contributed by atoms with Gasteiger partial charge in [-0.1, -0.05) is 18.2 Å². The Morgan fingerprint density at radius 1 is 1.43 bits per heavy atom. The van der Waals surface area contributed by atoms with Gasteiger partial charge in [0, 0.05) is 23.7 Å². The second-order valence-corrected chi connectivity index (χ2v) is 5.97. The first-order valence-corrected chi connectivity index (χ1v) is 7.47. The summed E-state index contributed by atoms with van der Waals surface area (Å²) in [5.41, 5.74) is 8.27. The van der Waals surface area contributed by atoms with Crippen LogP contribution in [0.5, 0.6) is 0 Å². The van der Waals surface area contributed by atoms with Crippen molar-refractivity contribution in [3.05, 3.63) is 41.6 Å². The van der Waals surface area contributed by atoms with E-state index in [1.165, 1.54) is 0 Å². The van der Waals surface area contributed by atoms with Crippen LogP contribution in [0.15, 0.2) is 30.3 Å². The number of hydrogen-bond acceptors (Lipinski definition) is 3. The van der Waals surface area contributed by atoms with E-state index in [-0.39, 0.29) is 11.9 Å². The molecular formula is C17H21N3O. The molecule has 0 aliphatic carbocycles. The van der Waals surface area contributed by atoms with Crippen LogP contribution in [0.25, 0.3) is 10.9 Å². The molecule has 0 spiro atoms. The SMILES string of the molecule is Cc1cc(C(=O)N2CC(CN)CC2C)c2ccccc2n1. The molecule has 1 fully saturated rings. The molecule has 4 nitrogen and oxygen atoms in total. The van der Waals surface area contributed by atoms with E-state index in [9.17, 15) is 4.79 Å². The molecule has 1 aromatic heterocycles. The molecule has 21 heavy (non-hydrogen) atoms. The molecule has 2 N–H and O–H groups in total. The summed E-state index contributed by atoms with van der Waals surface area (Å²) < 4.78 is 0. The van der Waals surface area contributed by atoms with Crippen molar-refractivity contribution < 1.29 is 4.79 Å². The maximum atomic E-state index is 12.9. The largest absolute Gasteiger partial charge is 0.336 e. The third-order valence-corrected chi connectivity index (χ3v) is 4.33. The van der Waals surface area contributed by atoms with E-state index in [1.807, 2.05) is 42.2 Å². The molecule has 1 aliphatic rings. The number of hydrogen-bond donors (Lipinski definition) is 1. The third-order valence-electron chi connectivity index (χ3n) is 4.33. The summed E-state index contributed by atoms with van der Waals surface area (Å²) in [6, 6.07) is 9.97. The molecule has 1 amide bonds. The van der Waals surface area contributed by atoms with Crippen LogP contribution in [0, 0.1) is 12.8 Å². The fourth-order valence-electron chi connectivity index (χ4n) is 3.24. The van der Waals surface area contributed by atoms with E-state index in [0.717, 1.165) is 35.1 Å². The minimum atomic E-state index is 0.0974. The summed E-state index contributed by atoms with van der Waals surface area (Å²) in [6.45, 7) is 5.43. The Bertz CT molecular complexity index is 683. The Morgan fingerprint density at radius 3 is 2.90 bits per heavy atom. The van der Waals surface area contributed by atoms with Gasteiger partial charge in [0.2, 0.25) is 0 Å². The fourth-order valence-corrected chi connectivity index (χ4v) is 3.24. The van der Waals surface area contributed by atoms with Crippen molar-refractivity contribution in [3.8, 4) is 0 Å². The highest BCUT2D eigenvalue weighted by molar-refractivity contribution is 6.06. The zero-order valence-electron chi connectivity index (χ0n) is 12.5. The Morgan fingerprint density at radius 2 is 2.19 bits per heavy atom. The second-order valence-electron chi connectivity index (χ2n) is 5.97. The molecule has 1 aliphatic heterocycles. The molecule has 2 unspecified atom stereocenters. The van der Waals surface area contributed by atoms with Gasteiger partial charge in [0.15, 0.2) is 0 Å². The van der Waals surface area contributed by atoms with Gasteiger partial charge in [-0.15, -0.1) is 0 Å². The van der Waals surface area contributed by atoms with Crippen LogP contribution >= 0.6 is 0 Å². The van der Waals surface area contributed by atoms with Crippen molar-refractivity contribution in [3.63, 3.8) is 0 Å². The van der Waals surface area contributed by atoms with Crippen molar-refractivity contribution in [1.29, 1.82) is 0 Å². The first-order chi connectivity index (χ1) is 10.1. The van der Waals surface area contributed by atoms with Crippen LogP contribution in [-0.4, -0.2) is 34.9 Å². The highest BCUT2D eigenvalue weighted by Crippen LogP contribution is 2.27. The number of nitrogens with two attached hydrogens (primary N) is 1. The Hall–Kier alpha value is -1.94. The summed E-state index contributed by atoms with van der Waals surface area (Å²) in [5, 5.41) is 0.927. The normalized spacial score (nSPS) is 22.0. The standard InChI is InChI=1S/C17H21N3O/c1-11-7-15(14-5-3-4-6-16(14)19-11)17(21)20-10-13(9-18)8-12(20)2/h3-7,12-13H,8-10,18H2,1-2H3. The van der Waals surface area contributed by atoms with E-state index in [2.05, 4.69) is 11.9 Å². The van der Waals surface area contributed by atoms with Crippen molar-refractivity contribution in [2.45, 2.75) is 26.3 Å². The third kappa shape index (κ3) is 2.51. The number of likely N-dealkylation sites (tertiary alicyclic amines) is 1. The number of fused-ring (bicyclic) bond motifs is 1. The van der Waals surface area contributed by atoms with E-state index in [1.54, 1.807) is 0 Å². The van der Waals surface area contributed by atoms with Crippen molar-refractivity contribution in [2.24, 2.45) is 11.7 Å². The number of nitrogens with zero attached hydrogens (tertiary/aromatic N) is 2. The van der Waals surface area contributed by atoms with Crippen molar-refractivity contribution in [2.75, 3.05) is 13.1 Å². The minimum Gasteiger partial charge on any atom is -0.336 e. The molecule has 1 aromatic carbocycles. The topological polar surface area (TPSA) is 59.2 Å². The van der Waals surface area contributed by atoms with Crippen LogP contribution in [-0.2, 0) is 0 Å². The predicted octanol–water partition coefficient (Wildman–Crippen LogP) is 2.35. The van der Waals surface area contributed by atoms with Gasteiger partial charge in [-0.3, -0.25) is 9.78 Å². The van der Waals surface area contributed by atoms with Gasteiger partial charge in [0.05, 0.1) is 11.1 Å². The lowest BCUT2D eigenvalue weighted by Crippen LogP contribution is -2.34. The van der Waals surface area contributed by atoms with Crippen LogP contribution in [0.3, 0.4) is 0 Å². The zero-order chi connectivity index (χ0) is 15.0. The Kier molecular flexibility index (Phi) is 3.64. The first kappa shape index (κ1) is 14.0. The monoisotopic (exact) mass is 283 g/mol. The number of rotatable bonds is 2. The summed E-state index contributed by atoms with van der Waals surface area (Å²) in [7, 11) is 0. The van der Waals surface area contributed by atoms with E-state index < -0.39 is 0 Å². The van der Waals surface area contributed by atoms with E-state index in [4.69, 9.17) is 5.73 Å². The fraction of sp³-hybridized carbons (Fsp3) is 0.412. The molecular weight excluding hydrogens is 262 g/mol. The lowest BCUT2D eigenvalue weighted by atomic mass is 10.1. The number of amides is 1. The minimum absolute atomic E-state index is 0.0974. The molecule has 0 saturated carbocycles. The quantitative estimate of drug-likeness (QED) is 0.920. The zero-order valence-corrected chi connectivity index (χ0v) is 12.5. The molecule has 2 atom stereocenters. The highest BCUT2D eigenvalue weighted by Gasteiger charge is 2.32. The lowest BCUT2D eigenvalue weighted by Gasteiger charge is -2.22. The number of carbonyl (C=O) groups excluding carboxylic acids is 1. The molecule has 2 heterocycles. The lowest BCUT2D eigenvalue weighted by molar-refractivity contribution is 0.0745. The van der Waals surface area contributed by atoms with Gasteiger partial charge >= 0.3 is 0 Å². The Labute approximate surface area is 125 Å². The highest BCUT2D eigenvalue weighted by atomic mass is 16.2. The average Bonchev–Trinajstić information content (AvgIpc) is 2.86. The summed E-state index contributed by atoms with van der Waals surface area (Å²) >= 11 is 0. The summed E-state index contributed by atoms with van der Waals surface area (Å²) in [6.07, 6.45) is 0.990. The number of aryl methyl sites for hydroxylation is 1. The van der Waals surface area contributed by atoms with Crippen LogP contribution < -0.4 is 5.73 Å². The van der Waals surface area contributed by atoms with Gasteiger partial charge in [0.25, 0.3) is 5.91 Å². The average molecular weight is 283 g/mol. The van der Waals surface area contributed by atoms with E-state index in [0.29, 0.717) is 12.5 Å². The molecule has 0 bridgehead atoms. The number of aromatic nitrogens is 1.